The van der Waals surface area contributed by atoms with Crippen molar-refractivity contribution in [2.24, 2.45) is 0 Å². The molecule has 29 heavy (non-hydrogen) atoms. The van der Waals surface area contributed by atoms with E-state index in [0.717, 1.165) is 5.56 Å². The smallest absolute Gasteiger partial charge is 0.335 e. The Hall–Kier alpha value is -3.61. The molecule has 1 aromatic heterocycles. The Morgan fingerprint density at radius 3 is 2.59 bits per heavy atom. The highest BCUT2D eigenvalue weighted by Crippen LogP contribution is 2.28. The number of benzene rings is 2. The average Bonchev–Trinajstić information content (AvgIpc) is 2.72. The molecule has 1 heterocycles. The third-order valence-corrected chi connectivity index (χ3v) is 4.46. The second-order valence-electron chi connectivity index (χ2n) is 6.23. The fraction of sp³-hybridized carbons (Fsp3) is 0.227. The Labute approximate surface area is 167 Å². The van der Waals surface area contributed by atoms with Crippen LogP contribution < -0.4 is 15.0 Å². The zero-order valence-corrected chi connectivity index (χ0v) is 16.5. The van der Waals surface area contributed by atoms with Gasteiger partial charge >= 0.3 is 5.97 Å². The predicted molar refractivity (Wildman–Crippen MR) is 112 cm³/mol. The van der Waals surface area contributed by atoms with Gasteiger partial charge in [-0.05, 0) is 55.8 Å². The number of carboxylic acid groups (broad SMARTS) is 1. The molecule has 2 aromatic carbocycles. The molecule has 0 amide bonds. The van der Waals surface area contributed by atoms with Crippen molar-refractivity contribution in [2.45, 2.75) is 20.4 Å². The highest BCUT2D eigenvalue weighted by Gasteiger charge is 2.11. The lowest BCUT2D eigenvalue weighted by molar-refractivity contribution is 0.0697. The van der Waals surface area contributed by atoms with Crippen molar-refractivity contribution in [2.75, 3.05) is 13.7 Å². The summed E-state index contributed by atoms with van der Waals surface area (Å²) < 4.78 is 12.4. The molecule has 3 rings (SSSR count). The molecular formula is C22H22N2O5. The minimum absolute atomic E-state index is 0.123. The molecule has 150 valence electrons. The maximum Gasteiger partial charge on any atom is 0.335 e. The summed E-state index contributed by atoms with van der Waals surface area (Å²) in [6.45, 7) is 4.70. The lowest BCUT2D eigenvalue weighted by atomic mass is 10.1. The van der Waals surface area contributed by atoms with Crippen LogP contribution in [-0.4, -0.2) is 34.3 Å². The average molecular weight is 394 g/mol. The van der Waals surface area contributed by atoms with Gasteiger partial charge < -0.3 is 19.1 Å². The van der Waals surface area contributed by atoms with E-state index >= 15 is 0 Å². The number of nitrogens with zero attached hydrogens (tertiary/aromatic N) is 2. The number of rotatable bonds is 7. The molecule has 0 aliphatic carbocycles. The van der Waals surface area contributed by atoms with Crippen LogP contribution in [0.3, 0.4) is 0 Å². The first-order valence-electron chi connectivity index (χ1n) is 9.25. The Balaban J connectivity index is 2.07. The monoisotopic (exact) mass is 394 g/mol. The molecule has 0 saturated heterocycles. The number of ether oxygens (including phenoxy) is 2. The van der Waals surface area contributed by atoms with Crippen LogP contribution in [0, 0.1) is 0 Å². The Morgan fingerprint density at radius 2 is 1.93 bits per heavy atom. The number of hydrogen-bond donors (Lipinski definition) is 1. The van der Waals surface area contributed by atoms with E-state index in [9.17, 15) is 14.7 Å². The number of methoxy groups -OCH3 is 1. The van der Waals surface area contributed by atoms with Crippen LogP contribution in [0.4, 0.5) is 0 Å². The van der Waals surface area contributed by atoms with Gasteiger partial charge in [0.1, 0.15) is 5.69 Å². The van der Waals surface area contributed by atoms with Crippen LogP contribution >= 0.6 is 0 Å². The molecule has 1 N–H and O–H groups in total. The molecule has 0 spiro atoms. The van der Waals surface area contributed by atoms with Gasteiger partial charge in [-0.2, -0.15) is 0 Å². The van der Waals surface area contributed by atoms with Gasteiger partial charge in [0.15, 0.2) is 11.5 Å². The standard InChI is InChI=1S/C22H22N2O5/c1-4-24-18-10-8-15(22(26)27)13-17(18)23-16(21(24)25)9-6-14-7-11-19(28-3)20(12-14)29-5-2/h6-13H,4-5H2,1-3H3,(H,26,27)/b9-6+. The predicted octanol–water partition coefficient (Wildman–Crippen LogP) is 3.69. The number of aryl methyl sites for hydroxylation is 1. The minimum atomic E-state index is -1.04. The third-order valence-electron chi connectivity index (χ3n) is 4.46. The number of fused-ring (bicyclic) bond motifs is 1. The van der Waals surface area contributed by atoms with E-state index in [1.807, 2.05) is 26.0 Å². The van der Waals surface area contributed by atoms with Gasteiger partial charge in [0.05, 0.1) is 30.3 Å². The van der Waals surface area contributed by atoms with Crippen molar-refractivity contribution in [3.63, 3.8) is 0 Å². The van der Waals surface area contributed by atoms with Gasteiger partial charge in [-0.3, -0.25) is 4.79 Å². The molecule has 0 aliphatic heterocycles. The number of carboxylic acids is 1. The van der Waals surface area contributed by atoms with Crippen molar-refractivity contribution < 1.29 is 19.4 Å². The van der Waals surface area contributed by atoms with Crippen LogP contribution in [0.25, 0.3) is 23.2 Å². The minimum Gasteiger partial charge on any atom is -0.493 e. The zero-order chi connectivity index (χ0) is 21.0. The van der Waals surface area contributed by atoms with Gasteiger partial charge in [0.2, 0.25) is 0 Å². The molecule has 0 atom stereocenters. The van der Waals surface area contributed by atoms with E-state index in [-0.39, 0.29) is 16.8 Å². The summed E-state index contributed by atoms with van der Waals surface area (Å²) in [6, 6.07) is 10.0. The fourth-order valence-electron chi connectivity index (χ4n) is 3.06. The van der Waals surface area contributed by atoms with E-state index < -0.39 is 5.97 Å². The first-order valence-corrected chi connectivity index (χ1v) is 9.25. The summed E-state index contributed by atoms with van der Waals surface area (Å²) in [5.41, 5.74) is 1.99. The normalized spacial score (nSPS) is 11.1. The Morgan fingerprint density at radius 1 is 1.14 bits per heavy atom. The molecule has 0 bridgehead atoms. The zero-order valence-electron chi connectivity index (χ0n) is 16.5. The van der Waals surface area contributed by atoms with E-state index in [1.54, 1.807) is 36.0 Å². The highest BCUT2D eigenvalue weighted by molar-refractivity contribution is 5.92. The molecule has 0 fully saturated rings. The van der Waals surface area contributed by atoms with Crippen molar-refractivity contribution >= 4 is 29.2 Å². The van der Waals surface area contributed by atoms with E-state index in [0.29, 0.717) is 35.7 Å². The molecular weight excluding hydrogens is 372 g/mol. The number of aromatic nitrogens is 2. The summed E-state index contributed by atoms with van der Waals surface area (Å²) in [7, 11) is 1.57. The molecule has 3 aromatic rings. The third kappa shape index (κ3) is 4.13. The van der Waals surface area contributed by atoms with Gasteiger partial charge in [0.25, 0.3) is 5.56 Å². The van der Waals surface area contributed by atoms with Gasteiger partial charge in [-0.15, -0.1) is 0 Å². The van der Waals surface area contributed by atoms with Crippen LogP contribution in [-0.2, 0) is 6.54 Å². The van der Waals surface area contributed by atoms with E-state index in [4.69, 9.17) is 9.47 Å². The van der Waals surface area contributed by atoms with Gasteiger partial charge in [-0.25, -0.2) is 9.78 Å². The van der Waals surface area contributed by atoms with Crippen LogP contribution in [0.2, 0.25) is 0 Å². The van der Waals surface area contributed by atoms with Crippen molar-refractivity contribution in [3.8, 4) is 11.5 Å². The fourth-order valence-corrected chi connectivity index (χ4v) is 3.06. The van der Waals surface area contributed by atoms with E-state index in [2.05, 4.69) is 4.98 Å². The maximum absolute atomic E-state index is 12.8. The molecule has 0 radical (unpaired) electrons. The molecule has 0 unspecified atom stereocenters. The summed E-state index contributed by atoms with van der Waals surface area (Å²) >= 11 is 0. The van der Waals surface area contributed by atoms with Crippen LogP contribution in [0.1, 0.15) is 35.5 Å². The second kappa shape index (κ2) is 8.60. The quantitative estimate of drug-likeness (QED) is 0.657. The van der Waals surface area contributed by atoms with Gasteiger partial charge in [0, 0.05) is 6.54 Å². The number of hydrogen-bond acceptors (Lipinski definition) is 5. The maximum atomic E-state index is 12.8. The number of aromatic carboxylic acids is 1. The number of carbonyl (C=O) groups is 1. The molecule has 0 aliphatic rings. The summed E-state index contributed by atoms with van der Waals surface area (Å²) in [5, 5.41) is 9.23. The summed E-state index contributed by atoms with van der Waals surface area (Å²) in [4.78, 5) is 28.5. The summed E-state index contributed by atoms with van der Waals surface area (Å²) in [6.07, 6.45) is 3.39. The van der Waals surface area contributed by atoms with Gasteiger partial charge in [-0.1, -0.05) is 12.1 Å². The Bertz CT molecular complexity index is 1150. The summed E-state index contributed by atoms with van der Waals surface area (Å²) in [5.74, 6) is 0.199. The Kier molecular flexibility index (Phi) is 5.97. The van der Waals surface area contributed by atoms with Crippen LogP contribution in [0.5, 0.6) is 11.5 Å². The lowest BCUT2D eigenvalue weighted by Crippen LogP contribution is -2.23. The lowest BCUT2D eigenvalue weighted by Gasteiger charge is -2.10. The first kappa shape index (κ1) is 20.1. The van der Waals surface area contributed by atoms with Crippen molar-refractivity contribution in [1.82, 2.24) is 9.55 Å². The molecule has 7 heteroatoms. The highest BCUT2D eigenvalue weighted by atomic mass is 16.5. The van der Waals surface area contributed by atoms with Crippen molar-refractivity contribution in [3.05, 3.63) is 63.6 Å². The van der Waals surface area contributed by atoms with E-state index in [1.165, 1.54) is 12.1 Å². The largest absolute Gasteiger partial charge is 0.493 e. The second-order valence-corrected chi connectivity index (χ2v) is 6.23. The van der Waals surface area contributed by atoms with Crippen LogP contribution in [0.15, 0.2) is 41.2 Å². The topological polar surface area (TPSA) is 90.6 Å². The molecule has 7 nitrogen and oxygen atoms in total. The van der Waals surface area contributed by atoms with Crippen molar-refractivity contribution in [1.29, 1.82) is 0 Å². The SMILES string of the molecule is CCOc1cc(/C=C/c2nc3cc(C(=O)O)ccc3n(CC)c2=O)ccc1OC. The first-order chi connectivity index (χ1) is 14.0. The molecule has 0 saturated carbocycles.